The number of nitrogens with one attached hydrogen (secondary N) is 2. The average molecular weight is 486 g/mol. The second-order valence-electron chi connectivity index (χ2n) is 6.14. The van der Waals surface area contributed by atoms with Crippen molar-refractivity contribution in [3.8, 4) is 5.88 Å². The number of hydrogen-bond acceptors (Lipinski definition) is 4. The first-order valence-corrected chi connectivity index (χ1v) is 9.14. The van der Waals surface area contributed by atoms with Gasteiger partial charge in [0.25, 0.3) is 0 Å². The van der Waals surface area contributed by atoms with Crippen LogP contribution in [-0.4, -0.2) is 33.9 Å². The Bertz CT molecular complexity index is 744. The van der Waals surface area contributed by atoms with Gasteiger partial charge in [0.15, 0.2) is 5.96 Å². The quantitative estimate of drug-likeness (QED) is 0.341. The van der Waals surface area contributed by atoms with E-state index in [4.69, 9.17) is 4.74 Å². The molecule has 0 unspecified atom stereocenters. The molecule has 27 heavy (non-hydrogen) atoms. The molecule has 2 heterocycles. The number of aromatic nitrogens is 3. The summed E-state index contributed by atoms with van der Waals surface area (Å²) in [7, 11) is 1.96. The van der Waals surface area contributed by atoms with E-state index in [0.717, 1.165) is 35.9 Å². The van der Waals surface area contributed by atoms with E-state index in [9.17, 15) is 0 Å². The van der Waals surface area contributed by atoms with E-state index in [1.165, 1.54) is 5.56 Å². The molecule has 0 amide bonds. The molecule has 2 aromatic heterocycles. The van der Waals surface area contributed by atoms with Gasteiger partial charge in [-0.2, -0.15) is 5.10 Å². The van der Waals surface area contributed by atoms with Crippen molar-refractivity contribution in [1.82, 2.24) is 25.4 Å². The lowest BCUT2D eigenvalue weighted by atomic mass is 10.2. The van der Waals surface area contributed by atoms with Crippen LogP contribution in [0.15, 0.2) is 23.3 Å². The van der Waals surface area contributed by atoms with Gasteiger partial charge >= 0.3 is 0 Å². The number of ether oxygens (including phenoxy) is 1. The molecular formula is C19H31IN6O. The van der Waals surface area contributed by atoms with Crippen LogP contribution in [0.5, 0.6) is 5.88 Å². The molecule has 2 rings (SSSR count). The van der Waals surface area contributed by atoms with Crippen molar-refractivity contribution in [3.05, 3.63) is 40.8 Å². The Balaban J connectivity index is 0.00000364. The lowest BCUT2D eigenvalue weighted by Gasteiger charge is -2.12. The van der Waals surface area contributed by atoms with Crippen LogP contribution in [-0.2, 0) is 20.1 Å². The van der Waals surface area contributed by atoms with Gasteiger partial charge in [-0.15, -0.1) is 24.0 Å². The van der Waals surface area contributed by atoms with Gasteiger partial charge in [-0.3, -0.25) is 4.68 Å². The van der Waals surface area contributed by atoms with Crippen LogP contribution in [0.2, 0.25) is 0 Å². The number of guanidine groups is 1. The molecule has 0 aliphatic carbocycles. The van der Waals surface area contributed by atoms with E-state index in [1.807, 2.05) is 30.8 Å². The average Bonchev–Trinajstić information content (AvgIpc) is 2.88. The third-order valence-corrected chi connectivity index (χ3v) is 4.14. The molecule has 0 aromatic carbocycles. The summed E-state index contributed by atoms with van der Waals surface area (Å²) in [5.41, 5.74) is 4.38. The second-order valence-corrected chi connectivity index (χ2v) is 6.14. The normalized spacial score (nSPS) is 11.1. The van der Waals surface area contributed by atoms with Crippen LogP contribution in [0.3, 0.4) is 0 Å². The van der Waals surface area contributed by atoms with Gasteiger partial charge in [-0.05, 0) is 33.3 Å². The summed E-state index contributed by atoms with van der Waals surface area (Å²) >= 11 is 0. The van der Waals surface area contributed by atoms with Gasteiger partial charge in [0.2, 0.25) is 5.88 Å². The number of pyridine rings is 1. The van der Waals surface area contributed by atoms with Crippen molar-refractivity contribution in [2.24, 2.45) is 12.0 Å². The summed E-state index contributed by atoms with van der Waals surface area (Å²) in [6.45, 7) is 10.9. The number of rotatable bonds is 8. The number of nitrogens with zero attached hydrogens (tertiary/aromatic N) is 4. The van der Waals surface area contributed by atoms with Gasteiger partial charge in [-0.25, -0.2) is 9.98 Å². The molecule has 0 spiro atoms. The van der Waals surface area contributed by atoms with Gasteiger partial charge in [-0.1, -0.05) is 13.0 Å². The fraction of sp³-hybridized carbons (Fsp3) is 0.526. The highest BCUT2D eigenvalue weighted by atomic mass is 127. The Labute approximate surface area is 179 Å². The highest BCUT2D eigenvalue weighted by molar-refractivity contribution is 14.0. The van der Waals surface area contributed by atoms with E-state index in [1.54, 1.807) is 6.20 Å². The zero-order valence-corrected chi connectivity index (χ0v) is 19.2. The molecule has 150 valence electrons. The van der Waals surface area contributed by atoms with E-state index in [2.05, 4.69) is 46.5 Å². The number of aryl methyl sites for hydroxylation is 2. The van der Waals surface area contributed by atoms with Gasteiger partial charge in [0, 0.05) is 43.2 Å². The van der Waals surface area contributed by atoms with E-state index in [0.29, 0.717) is 25.6 Å². The third kappa shape index (κ3) is 6.67. The summed E-state index contributed by atoms with van der Waals surface area (Å²) < 4.78 is 7.62. The van der Waals surface area contributed by atoms with E-state index < -0.39 is 0 Å². The topological polar surface area (TPSA) is 76.4 Å². The monoisotopic (exact) mass is 486 g/mol. The largest absolute Gasteiger partial charge is 0.477 e. The third-order valence-electron chi connectivity index (χ3n) is 4.14. The van der Waals surface area contributed by atoms with E-state index >= 15 is 0 Å². The molecule has 0 radical (unpaired) electrons. The van der Waals surface area contributed by atoms with Crippen LogP contribution >= 0.6 is 24.0 Å². The molecule has 8 heteroatoms. The summed E-state index contributed by atoms with van der Waals surface area (Å²) in [5, 5.41) is 11.1. The van der Waals surface area contributed by atoms with Crippen LogP contribution in [0, 0.1) is 13.8 Å². The minimum Gasteiger partial charge on any atom is -0.477 e. The molecule has 0 aliphatic heterocycles. The lowest BCUT2D eigenvalue weighted by Crippen LogP contribution is -2.37. The fourth-order valence-corrected chi connectivity index (χ4v) is 2.62. The highest BCUT2D eigenvalue weighted by Gasteiger charge is 2.10. The zero-order chi connectivity index (χ0) is 18.9. The van der Waals surface area contributed by atoms with Crippen molar-refractivity contribution in [2.75, 3.05) is 13.2 Å². The summed E-state index contributed by atoms with van der Waals surface area (Å²) in [6, 6.07) is 3.91. The first-order chi connectivity index (χ1) is 12.6. The minimum absolute atomic E-state index is 0. The summed E-state index contributed by atoms with van der Waals surface area (Å²) in [6.07, 6.45) is 2.70. The first-order valence-electron chi connectivity index (χ1n) is 9.14. The Morgan fingerprint density at radius 3 is 2.67 bits per heavy atom. The highest BCUT2D eigenvalue weighted by Crippen LogP contribution is 2.16. The molecule has 0 bridgehead atoms. The molecule has 0 fully saturated rings. The maximum absolute atomic E-state index is 5.71. The van der Waals surface area contributed by atoms with Gasteiger partial charge in [0.1, 0.15) is 0 Å². The second kappa shape index (κ2) is 11.8. The van der Waals surface area contributed by atoms with Crippen LogP contribution in [0.4, 0.5) is 0 Å². The Morgan fingerprint density at radius 1 is 1.26 bits per heavy atom. The smallest absolute Gasteiger partial charge is 0.218 e. The molecule has 0 aliphatic rings. The van der Waals surface area contributed by atoms with Crippen molar-refractivity contribution >= 4 is 29.9 Å². The Morgan fingerprint density at radius 2 is 2.04 bits per heavy atom. The van der Waals surface area contributed by atoms with Crippen LogP contribution in [0.25, 0.3) is 0 Å². The zero-order valence-electron chi connectivity index (χ0n) is 16.9. The maximum atomic E-state index is 5.71. The SMILES string of the molecule is CCCOc1ncccc1CN=C(NCC)NCc1c(C)nn(C)c1C.I. The Hall–Kier alpha value is -1.84. The molecule has 2 aromatic rings. The molecule has 0 saturated carbocycles. The van der Waals surface area contributed by atoms with Crippen molar-refractivity contribution in [1.29, 1.82) is 0 Å². The van der Waals surface area contributed by atoms with Crippen molar-refractivity contribution in [3.63, 3.8) is 0 Å². The summed E-state index contributed by atoms with van der Waals surface area (Å²) in [4.78, 5) is 9.00. The standard InChI is InChI=1S/C19H30N6O.HI/c1-6-11-26-18-16(9-8-10-21-18)12-22-19(20-7-2)23-13-17-14(3)24-25(5)15(17)4;/h8-10H,6-7,11-13H2,1-5H3,(H2,20,22,23);1H. The molecule has 2 N–H and O–H groups in total. The van der Waals surface area contributed by atoms with Gasteiger partial charge in [0.05, 0.1) is 18.8 Å². The lowest BCUT2D eigenvalue weighted by molar-refractivity contribution is 0.302. The van der Waals surface area contributed by atoms with Crippen LogP contribution in [0.1, 0.15) is 42.8 Å². The number of hydrogen-bond donors (Lipinski definition) is 2. The fourth-order valence-electron chi connectivity index (χ4n) is 2.62. The predicted molar refractivity (Wildman–Crippen MR) is 120 cm³/mol. The number of halogens is 1. The minimum atomic E-state index is 0. The van der Waals surface area contributed by atoms with Gasteiger partial charge < -0.3 is 15.4 Å². The molecular weight excluding hydrogens is 455 g/mol. The Kier molecular flexibility index (Phi) is 10.1. The maximum Gasteiger partial charge on any atom is 0.218 e. The molecule has 0 atom stereocenters. The number of aliphatic imine (C=N–C) groups is 1. The molecule has 7 nitrogen and oxygen atoms in total. The first kappa shape index (κ1) is 23.2. The van der Waals surface area contributed by atoms with E-state index in [-0.39, 0.29) is 24.0 Å². The summed E-state index contributed by atoms with van der Waals surface area (Å²) in [5.74, 6) is 1.42. The van der Waals surface area contributed by atoms with Crippen LogP contribution < -0.4 is 15.4 Å². The van der Waals surface area contributed by atoms with Crippen molar-refractivity contribution in [2.45, 2.75) is 47.2 Å². The molecule has 0 saturated heterocycles. The van der Waals surface area contributed by atoms with Crippen molar-refractivity contribution < 1.29 is 4.74 Å². The predicted octanol–water partition coefficient (Wildman–Crippen LogP) is 3.09.